The van der Waals surface area contributed by atoms with Gasteiger partial charge in [-0.1, -0.05) is 72.8 Å². The van der Waals surface area contributed by atoms with E-state index < -0.39 is 23.3 Å². The van der Waals surface area contributed by atoms with E-state index >= 15 is 0 Å². The van der Waals surface area contributed by atoms with Gasteiger partial charge in [-0.2, -0.15) is 0 Å². The fourth-order valence-corrected chi connectivity index (χ4v) is 6.50. The number of piperidine rings is 1. The van der Waals surface area contributed by atoms with Crippen LogP contribution in [0.2, 0.25) is 0 Å². The fourth-order valence-electron chi connectivity index (χ4n) is 6.50. The molecule has 0 radical (unpaired) electrons. The molecule has 0 aromatic heterocycles. The number of likely N-dealkylation sites (tertiary alicyclic amines) is 1. The minimum absolute atomic E-state index is 0.00653. The number of amides is 4. The molecule has 0 bridgehead atoms. The highest BCUT2D eigenvalue weighted by molar-refractivity contribution is 6.02. The Morgan fingerprint density at radius 2 is 1.40 bits per heavy atom. The molecule has 4 amide bonds. The first-order valence-electron chi connectivity index (χ1n) is 17.8. The normalized spacial score (nSPS) is 13.9. The molecule has 1 fully saturated rings. The van der Waals surface area contributed by atoms with Crippen LogP contribution in [0.25, 0.3) is 0 Å². The minimum atomic E-state index is -1.21. The minimum Gasteiger partial charge on any atom is -0.467 e. The molecule has 0 aliphatic carbocycles. The van der Waals surface area contributed by atoms with Crippen LogP contribution in [0.3, 0.4) is 0 Å². The Bertz CT molecular complexity index is 1640. The lowest BCUT2D eigenvalue weighted by Gasteiger charge is -2.46. The van der Waals surface area contributed by atoms with E-state index in [-0.39, 0.29) is 51.0 Å². The molecule has 4 rings (SSSR count). The van der Waals surface area contributed by atoms with Crippen LogP contribution < -0.4 is 15.5 Å². The second kappa shape index (κ2) is 19.5. The smallest absolute Gasteiger partial charge is 0.332 e. The van der Waals surface area contributed by atoms with Gasteiger partial charge in [0.15, 0.2) is 0 Å². The van der Waals surface area contributed by atoms with Crippen molar-refractivity contribution >= 4 is 35.3 Å². The van der Waals surface area contributed by atoms with E-state index in [2.05, 4.69) is 27.7 Å². The first kappa shape index (κ1) is 39.7. The molecular formula is C40H52N6O6. The third kappa shape index (κ3) is 11.2. The van der Waals surface area contributed by atoms with Crippen LogP contribution in [0.4, 0.5) is 5.69 Å². The van der Waals surface area contributed by atoms with Gasteiger partial charge in [-0.25, -0.2) is 4.79 Å². The summed E-state index contributed by atoms with van der Waals surface area (Å²) in [5, 5.41) is 5.42. The Morgan fingerprint density at radius 3 is 2.04 bits per heavy atom. The number of rotatable bonds is 17. The highest BCUT2D eigenvalue weighted by Gasteiger charge is 2.50. The number of nitrogens with one attached hydrogen (secondary N) is 2. The van der Waals surface area contributed by atoms with Crippen molar-refractivity contribution in [1.29, 1.82) is 0 Å². The largest absolute Gasteiger partial charge is 0.467 e. The van der Waals surface area contributed by atoms with Gasteiger partial charge < -0.3 is 30.1 Å². The van der Waals surface area contributed by atoms with Crippen LogP contribution in [0, 0.1) is 6.92 Å². The molecule has 0 spiro atoms. The molecular weight excluding hydrogens is 660 g/mol. The summed E-state index contributed by atoms with van der Waals surface area (Å²) in [5.41, 5.74) is 2.44. The van der Waals surface area contributed by atoms with E-state index in [1.54, 1.807) is 36.0 Å². The number of aryl methyl sites for hydroxylation is 1. The summed E-state index contributed by atoms with van der Waals surface area (Å²) >= 11 is 0. The number of anilines is 1. The van der Waals surface area contributed by atoms with E-state index in [1.807, 2.05) is 67.6 Å². The third-order valence-corrected chi connectivity index (χ3v) is 9.37. The van der Waals surface area contributed by atoms with Crippen molar-refractivity contribution < 1.29 is 28.7 Å². The molecule has 1 saturated heterocycles. The predicted molar refractivity (Wildman–Crippen MR) is 200 cm³/mol. The molecule has 1 heterocycles. The molecule has 1 aliphatic rings. The lowest BCUT2D eigenvalue weighted by molar-refractivity contribution is -0.151. The Kier molecular flexibility index (Phi) is 14.9. The van der Waals surface area contributed by atoms with E-state index in [4.69, 9.17) is 4.74 Å². The maximum absolute atomic E-state index is 14.1. The van der Waals surface area contributed by atoms with Gasteiger partial charge in [-0.3, -0.25) is 24.1 Å². The standard InChI is InChI=1S/C40H52N6O6/c1-31-13-11-12-16-33(31)28-45(38(50)27-42-35(47)29-43(2)3)30-36(48)41-23-19-37(49)46(34-17-9-6-10-18-34)40(39(51)52-4)21-25-44(26-22-40)24-20-32-14-7-5-8-15-32/h5-18H,19-30H2,1-4H3,(H,41,48)(H,42,47). The van der Waals surface area contributed by atoms with Gasteiger partial charge in [-0.05, 0) is 69.1 Å². The van der Waals surface area contributed by atoms with Crippen molar-refractivity contribution in [3.8, 4) is 0 Å². The van der Waals surface area contributed by atoms with E-state index in [9.17, 15) is 24.0 Å². The maximum Gasteiger partial charge on any atom is 0.332 e. The summed E-state index contributed by atoms with van der Waals surface area (Å²) < 4.78 is 5.34. The Labute approximate surface area is 307 Å². The second-order valence-corrected chi connectivity index (χ2v) is 13.5. The number of hydrogen-bond donors (Lipinski definition) is 2. The van der Waals surface area contributed by atoms with Crippen LogP contribution in [0.5, 0.6) is 0 Å². The average molecular weight is 713 g/mol. The first-order chi connectivity index (χ1) is 25.0. The lowest BCUT2D eigenvalue weighted by Crippen LogP contribution is -2.63. The predicted octanol–water partition coefficient (Wildman–Crippen LogP) is 2.79. The number of hydrogen-bond acceptors (Lipinski definition) is 8. The summed E-state index contributed by atoms with van der Waals surface area (Å²) in [6.45, 7) is 3.75. The highest BCUT2D eigenvalue weighted by Crippen LogP contribution is 2.35. The number of carbonyl (C=O) groups is 5. The second-order valence-electron chi connectivity index (χ2n) is 13.5. The number of methoxy groups -OCH3 is 1. The zero-order chi connectivity index (χ0) is 37.5. The molecule has 12 heteroatoms. The Morgan fingerprint density at radius 1 is 0.788 bits per heavy atom. The van der Waals surface area contributed by atoms with Gasteiger partial charge in [0.25, 0.3) is 0 Å². The zero-order valence-corrected chi connectivity index (χ0v) is 30.8. The molecule has 3 aromatic carbocycles. The van der Waals surface area contributed by atoms with Crippen LogP contribution in [0.15, 0.2) is 84.9 Å². The summed E-state index contributed by atoms with van der Waals surface area (Å²) in [5.74, 6) is -1.96. The summed E-state index contributed by atoms with van der Waals surface area (Å²) in [6.07, 6.45) is 1.58. The zero-order valence-electron chi connectivity index (χ0n) is 30.8. The van der Waals surface area contributed by atoms with E-state index in [0.717, 1.165) is 24.1 Å². The molecule has 52 heavy (non-hydrogen) atoms. The quantitative estimate of drug-likeness (QED) is 0.205. The molecule has 1 aliphatic heterocycles. The monoisotopic (exact) mass is 712 g/mol. The lowest BCUT2D eigenvalue weighted by atomic mass is 9.84. The number of benzene rings is 3. The van der Waals surface area contributed by atoms with Crippen LogP contribution in [0.1, 0.15) is 36.0 Å². The van der Waals surface area contributed by atoms with Crippen molar-refractivity contribution in [2.45, 2.75) is 44.7 Å². The molecule has 2 N–H and O–H groups in total. The number of carbonyl (C=O) groups excluding carboxylic acids is 5. The Hall–Kier alpha value is -5.07. The molecule has 278 valence electrons. The van der Waals surface area contributed by atoms with Gasteiger partial charge in [0.05, 0.1) is 26.7 Å². The SMILES string of the molecule is COC(=O)C1(N(C(=O)CCNC(=O)CN(Cc2ccccc2C)C(=O)CNC(=O)CN(C)C)c2ccccc2)CCN(CCc2ccccc2)CC1. The van der Waals surface area contributed by atoms with E-state index in [0.29, 0.717) is 31.6 Å². The Balaban J connectivity index is 1.43. The fraction of sp³-hybridized carbons (Fsp3) is 0.425. The summed E-state index contributed by atoms with van der Waals surface area (Å²) in [4.78, 5) is 73.4. The number of likely N-dealkylation sites (N-methyl/N-ethyl adjacent to an activating group) is 1. The molecule has 12 nitrogen and oxygen atoms in total. The van der Waals surface area contributed by atoms with Crippen LogP contribution in [-0.4, -0.2) is 117 Å². The van der Waals surface area contributed by atoms with Gasteiger partial charge in [0.2, 0.25) is 23.6 Å². The number of ether oxygens (including phenoxy) is 1. The van der Waals surface area contributed by atoms with Crippen molar-refractivity contribution in [3.63, 3.8) is 0 Å². The topological polar surface area (TPSA) is 132 Å². The number of esters is 1. The molecule has 0 atom stereocenters. The average Bonchev–Trinajstić information content (AvgIpc) is 3.14. The number of nitrogens with zero attached hydrogens (tertiary/aromatic N) is 4. The molecule has 0 unspecified atom stereocenters. The maximum atomic E-state index is 14.1. The first-order valence-corrected chi connectivity index (χ1v) is 17.8. The van der Waals surface area contributed by atoms with Gasteiger partial charge in [0.1, 0.15) is 5.54 Å². The van der Waals surface area contributed by atoms with Gasteiger partial charge in [-0.15, -0.1) is 0 Å². The van der Waals surface area contributed by atoms with Crippen molar-refractivity contribution in [2.24, 2.45) is 0 Å². The summed E-state index contributed by atoms with van der Waals surface area (Å²) in [7, 11) is 4.86. The molecule has 3 aromatic rings. The van der Waals surface area contributed by atoms with Crippen molar-refractivity contribution in [3.05, 3.63) is 102 Å². The van der Waals surface area contributed by atoms with E-state index in [1.165, 1.54) is 17.6 Å². The van der Waals surface area contributed by atoms with Crippen molar-refractivity contribution in [2.75, 3.05) is 71.9 Å². The van der Waals surface area contributed by atoms with Crippen LogP contribution in [-0.2, 0) is 41.7 Å². The van der Waals surface area contributed by atoms with Gasteiger partial charge in [0, 0.05) is 44.8 Å². The summed E-state index contributed by atoms with van der Waals surface area (Å²) in [6, 6.07) is 26.9. The molecule has 0 saturated carbocycles. The van der Waals surface area contributed by atoms with Crippen molar-refractivity contribution in [1.82, 2.24) is 25.3 Å². The number of para-hydroxylation sites is 1. The van der Waals surface area contributed by atoms with Crippen LogP contribution >= 0.6 is 0 Å². The highest BCUT2D eigenvalue weighted by atomic mass is 16.5. The third-order valence-electron chi connectivity index (χ3n) is 9.37. The van der Waals surface area contributed by atoms with Gasteiger partial charge >= 0.3 is 5.97 Å².